The summed E-state index contributed by atoms with van der Waals surface area (Å²) in [6, 6.07) is -1.29. The topological polar surface area (TPSA) is 107 Å². The van der Waals surface area contributed by atoms with Crippen LogP contribution < -0.4 is 5.73 Å². The first-order chi connectivity index (χ1) is 9.47. The molecule has 6 nitrogen and oxygen atoms in total. The van der Waals surface area contributed by atoms with Crippen LogP contribution in [0.15, 0.2) is 0 Å². The number of carboxylic acid groups (broad SMARTS) is 1. The Bertz CT molecular complexity index is 326. The minimum atomic E-state index is -1.29. The van der Waals surface area contributed by atoms with Crippen LogP contribution in [0.5, 0.6) is 0 Å². The van der Waals surface area contributed by atoms with Crippen LogP contribution in [0.1, 0.15) is 64.7 Å². The van der Waals surface area contributed by atoms with Gasteiger partial charge in [0.15, 0.2) is 0 Å². The number of aliphatic carboxylic acids is 1. The summed E-state index contributed by atoms with van der Waals surface area (Å²) in [5.74, 6) is -2.81. The third-order valence-electron chi connectivity index (χ3n) is 2.90. The fourth-order valence-electron chi connectivity index (χ4n) is 1.74. The average Bonchev–Trinajstić information content (AvgIpc) is 2.36. The number of hydrogen-bond acceptors (Lipinski definition) is 5. The zero-order chi connectivity index (χ0) is 15.4. The Morgan fingerprint density at radius 3 is 2.00 bits per heavy atom. The molecule has 0 rings (SSSR count). The number of hydrogen-bond donors (Lipinski definition) is 2. The molecule has 3 N–H and O–H groups in total. The van der Waals surface area contributed by atoms with E-state index in [1.54, 1.807) is 0 Å². The Labute approximate surface area is 217 Å². The zero-order valence-corrected chi connectivity index (χ0v) is 12.1. The van der Waals surface area contributed by atoms with Crippen molar-refractivity contribution >= 4 is 121 Å². The van der Waals surface area contributed by atoms with E-state index in [9.17, 15) is 14.4 Å². The molecule has 0 aromatic rings. The molecule has 1 unspecified atom stereocenters. The van der Waals surface area contributed by atoms with Crippen LogP contribution in [0.2, 0.25) is 0 Å². The molecule has 0 fully saturated rings. The van der Waals surface area contributed by atoms with Crippen molar-refractivity contribution in [1.82, 2.24) is 0 Å². The number of rotatable bonds is 11. The Morgan fingerprint density at radius 1 is 1.00 bits per heavy atom. The zero-order valence-electron chi connectivity index (χ0n) is 12.1. The Hall–Kier alpha value is 1.84. The van der Waals surface area contributed by atoms with Crippen molar-refractivity contribution in [2.45, 2.75) is 70.8 Å². The summed E-state index contributed by atoms with van der Waals surface area (Å²) in [5, 5.41) is 8.46. The summed E-state index contributed by atoms with van der Waals surface area (Å²) in [4.78, 5) is 32.9. The fourth-order valence-corrected chi connectivity index (χ4v) is 1.74. The van der Waals surface area contributed by atoms with E-state index in [-0.39, 0.29) is 109 Å². The van der Waals surface area contributed by atoms with Crippen molar-refractivity contribution in [2.75, 3.05) is 0 Å². The minimum absolute atomic E-state index is 0. The summed E-state index contributed by atoms with van der Waals surface area (Å²) in [5.41, 5.74) is 5.28. The van der Waals surface area contributed by atoms with E-state index in [4.69, 9.17) is 10.8 Å². The van der Waals surface area contributed by atoms with Gasteiger partial charge in [-0.25, -0.2) is 4.79 Å². The predicted octanol–water partition coefficient (Wildman–Crippen LogP) is 0.702. The van der Waals surface area contributed by atoms with Crippen molar-refractivity contribution in [2.24, 2.45) is 5.73 Å². The maximum absolute atomic E-state index is 11.3. The van der Waals surface area contributed by atoms with Gasteiger partial charge in [0.05, 0.1) is 6.42 Å². The number of nitrogens with two attached hydrogens (primary N) is 1. The molecule has 0 saturated carbocycles. The second-order valence-electron chi connectivity index (χ2n) is 4.87. The van der Waals surface area contributed by atoms with Crippen molar-refractivity contribution in [3.05, 3.63) is 0 Å². The SMILES string of the molecule is CCCCCCCCCC(=O)OC(=O)C(N)CC(=O)O.[KH].[KH]. The average molecular weight is 368 g/mol. The first-order valence-electron chi connectivity index (χ1n) is 7.19. The van der Waals surface area contributed by atoms with Gasteiger partial charge in [-0.05, 0) is 6.42 Å². The van der Waals surface area contributed by atoms with E-state index >= 15 is 0 Å². The molecule has 8 heteroatoms. The molecular weight excluding hydrogens is 340 g/mol. The third-order valence-corrected chi connectivity index (χ3v) is 2.90. The first kappa shape index (κ1) is 28.6. The van der Waals surface area contributed by atoms with Crippen LogP contribution in [0.3, 0.4) is 0 Å². The number of carbonyl (C=O) groups excluding carboxylic acids is 2. The fraction of sp³-hybridized carbons (Fsp3) is 0.786. The first-order valence-corrected chi connectivity index (χ1v) is 7.19. The Morgan fingerprint density at radius 2 is 1.50 bits per heavy atom. The number of unbranched alkanes of at least 4 members (excludes halogenated alkanes) is 6. The van der Waals surface area contributed by atoms with Crippen LogP contribution >= 0.6 is 0 Å². The van der Waals surface area contributed by atoms with E-state index in [0.29, 0.717) is 6.42 Å². The van der Waals surface area contributed by atoms with Crippen LogP contribution in [-0.4, -0.2) is 132 Å². The molecule has 0 aliphatic rings. The summed E-state index contributed by atoms with van der Waals surface area (Å²) >= 11 is 0. The Balaban J connectivity index is -0.00000180. The van der Waals surface area contributed by atoms with E-state index in [0.717, 1.165) is 19.3 Å². The Kier molecular flexibility index (Phi) is 25.0. The van der Waals surface area contributed by atoms with Gasteiger partial charge in [-0.15, -0.1) is 0 Å². The molecule has 0 bridgehead atoms. The molecule has 0 heterocycles. The molecule has 0 saturated heterocycles. The number of esters is 2. The molecule has 22 heavy (non-hydrogen) atoms. The van der Waals surface area contributed by atoms with Gasteiger partial charge in [0.2, 0.25) is 0 Å². The third kappa shape index (κ3) is 18.2. The number of ether oxygens (including phenoxy) is 1. The summed E-state index contributed by atoms with van der Waals surface area (Å²) in [6.45, 7) is 2.15. The van der Waals surface area contributed by atoms with E-state index < -0.39 is 30.4 Å². The van der Waals surface area contributed by atoms with Crippen LogP contribution in [0.4, 0.5) is 0 Å². The maximum atomic E-state index is 11.3. The second kappa shape index (κ2) is 19.2. The van der Waals surface area contributed by atoms with Gasteiger partial charge >= 0.3 is 121 Å². The van der Waals surface area contributed by atoms with Crippen molar-refractivity contribution in [3.8, 4) is 0 Å². The monoisotopic (exact) mass is 367 g/mol. The standard InChI is InChI=1S/C14H25NO5.2K.2H/c1-2-3-4-5-6-7-8-9-13(18)20-14(19)11(15)10-12(16)17;;;;/h11H,2-10,15H2,1H3,(H,16,17);;;;. The van der Waals surface area contributed by atoms with Gasteiger partial charge in [-0.1, -0.05) is 45.4 Å². The number of carbonyl (C=O) groups is 3. The van der Waals surface area contributed by atoms with Crippen LogP contribution in [-0.2, 0) is 19.1 Å². The molecule has 120 valence electrons. The molecule has 0 amide bonds. The van der Waals surface area contributed by atoms with Gasteiger partial charge in [0.25, 0.3) is 0 Å². The van der Waals surface area contributed by atoms with Gasteiger partial charge in [0, 0.05) is 6.42 Å². The molecule has 0 aromatic heterocycles. The van der Waals surface area contributed by atoms with Crippen molar-refractivity contribution in [3.63, 3.8) is 0 Å². The summed E-state index contributed by atoms with van der Waals surface area (Å²) < 4.78 is 4.49. The van der Waals surface area contributed by atoms with Gasteiger partial charge in [-0.2, -0.15) is 0 Å². The molecule has 0 radical (unpaired) electrons. The van der Waals surface area contributed by atoms with E-state index in [2.05, 4.69) is 11.7 Å². The predicted molar refractivity (Wildman–Crippen MR) is 88.2 cm³/mol. The van der Waals surface area contributed by atoms with E-state index in [1.165, 1.54) is 19.3 Å². The van der Waals surface area contributed by atoms with Crippen molar-refractivity contribution in [1.29, 1.82) is 0 Å². The molecular formula is C14H27K2NO5. The van der Waals surface area contributed by atoms with Crippen molar-refractivity contribution < 1.29 is 24.2 Å². The van der Waals surface area contributed by atoms with Crippen LogP contribution in [0.25, 0.3) is 0 Å². The molecule has 0 aromatic carbocycles. The van der Waals surface area contributed by atoms with Gasteiger partial charge in [-0.3, -0.25) is 9.59 Å². The normalized spacial score (nSPS) is 10.8. The van der Waals surface area contributed by atoms with E-state index in [1.807, 2.05) is 0 Å². The second-order valence-corrected chi connectivity index (χ2v) is 4.87. The van der Waals surface area contributed by atoms with Gasteiger partial charge < -0.3 is 15.6 Å². The van der Waals surface area contributed by atoms with Gasteiger partial charge in [0.1, 0.15) is 6.04 Å². The van der Waals surface area contributed by atoms with Crippen LogP contribution in [0, 0.1) is 0 Å². The summed E-state index contributed by atoms with van der Waals surface area (Å²) in [7, 11) is 0. The molecule has 0 aliphatic carbocycles. The summed E-state index contributed by atoms with van der Waals surface area (Å²) in [6.07, 6.45) is 7.10. The quantitative estimate of drug-likeness (QED) is 0.241. The molecule has 1 atom stereocenters. The number of carboxylic acids is 1. The molecule has 0 spiro atoms. The molecule has 0 aliphatic heterocycles.